The molecule has 246 valence electrons. The molecule has 2 atom stereocenters. The van der Waals surface area contributed by atoms with Crippen molar-refractivity contribution in [3.05, 3.63) is 79.2 Å². The summed E-state index contributed by atoms with van der Waals surface area (Å²) in [5, 5.41) is 9.41. The fourth-order valence-electron chi connectivity index (χ4n) is 8.20. The summed E-state index contributed by atoms with van der Waals surface area (Å²) >= 11 is -3.44. The van der Waals surface area contributed by atoms with Gasteiger partial charge < -0.3 is 0 Å². The Labute approximate surface area is 289 Å². The van der Waals surface area contributed by atoms with Gasteiger partial charge in [-0.25, -0.2) is 0 Å². The Morgan fingerprint density at radius 1 is 0.545 bits per heavy atom. The molecule has 2 aromatic carbocycles. The molecule has 0 heterocycles. The van der Waals surface area contributed by atoms with Crippen molar-refractivity contribution in [2.24, 2.45) is 0 Å². The van der Waals surface area contributed by atoms with Crippen molar-refractivity contribution in [2.45, 2.75) is 137 Å². The topological polar surface area (TPSA) is 0 Å². The molecule has 0 amide bonds. The summed E-state index contributed by atoms with van der Waals surface area (Å²) in [5.41, 5.74) is 12.8. The van der Waals surface area contributed by atoms with Crippen LogP contribution in [0.25, 0.3) is 12.2 Å². The minimum absolute atomic E-state index is 0. The van der Waals surface area contributed by atoms with Crippen molar-refractivity contribution in [2.75, 3.05) is 0 Å². The third-order valence-electron chi connectivity index (χ3n) is 10.6. The van der Waals surface area contributed by atoms with E-state index in [0.29, 0.717) is 32.1 Å². The Bertz CT molecular complexity index is 1430. The number of benzene rings is 2. The number of hydrogen-bond acceptors (Lipinski definition) is 0. The van der Waals surface area contributed by atoms with Gasteiger partial charge >= 0.3 is 266 Å². The minimum Gasteiger partial charge on any atom is -0.147 e. The van der Waals surface area contributed by atoms with Crippen LogP contribution in [0.15, 0.2) is 34.7 Å². The van der Waals surface area contributed by atoms with E-state index >= 15 is 0 Å². The van der Waals surface area contributed by atoms with Crippen molar-refractivity contribution in [1.82, 2.24) is 0 Å². The second-order valence-electron chi connectivity index (χ2n) is 18.3. The van der Waals surface area contributed by atoms with Gasteiger partial charge in [-0.05, 0) is 0 Å². The van der Waals surface area contributed by atoms with Gasteiger partial charge in [0.1, 0.15) is 0 Å². The number of allylic oxidation sites excluding steroid dienone is 2. The smallest absolute Gasteiger partial charge is 0.147 e. The van der Waals surface area contributed by atoms with E-state index in [2.05, 4.69) is 149 Å². The van der Waals surface area contributed by atoms with Crippen molar-refractivity contribution < 1.29 is 14.0 Å². The Kier molecular flexibility index (Phi) is 11.9. The maximum Gasteiger partial charge on any atom is -0.147 e. The molecule has 0 saturated heterocycles. The predicted octanol–water partition coefficient (Wildman–Crippen LogP) is 12.7. The molecule has 0 spiro atoms. The van der Waals surface area contributed by atoms with Gasteiger partial charge in [-0.15, -0.1) is 24.8 Å². The molecule has 2 aliphatic carbocycles. The Hall–Kier alpha value is -0.135. The van der Waals surface area contributed by atoms with Gasteiger partial charge in [-0.1, -0.05) is 0 Å². The van der Waals surface area contributed by atoms with Crippen LogP contribution in [0.2, 0.25) is 49.7 Å². The van der Waals surface area contributed by atoms with Crippen molar-refractivity contribution in [3.63, 3.8) is 0 Å². The molecule has 6 heteroatoms. The van der Waals surface area contributed by atoms with Crippen molar-refractivity contribution in [3.8, 4) is 0 Å². The summed E-state index contributed by atoms with van der Waals surface area (Å²) in [5.74, 6) is 2.16. The first-order valence-corrected chi connectivity index (χ1v) is 32.8. The van der Waals surface area contributed by atoms with E-state index in [9.17, 15) is 0 Å². The van der Waals surface area contributed by atoms with Crippen molar-refractivity contribution >= 4 is 60.7 Å². The van der Waals surface area contributed by atoms with Gasteiger partial charge in [0.15, 0.2) is 0 Å². The fourth-order valence-corrected chi connectivity index (χ4v) is 32.6. The Morgan fingerprint density at radius 3 is 1.07 bits per heavy atom. The summed E-state index contributed by atoms with van der Waals surface area (Å²) in [4.78, 5) is 0. The average Bonchev–Trinajstić information content (AvgIpc) is 3.42. The van der Waals surface area contributed by atoms with Gasteiger partial charge in [-0.3, -0.25) is 0 Å². The van der Waals surface area contributed by atoms with E-state index < -0.39 is 30.2 Å². The molecular weight excluding hydrogens is 659 g/mol. The fraction of sp³-hybridized carbons (Fsp3) is 0.579. The number of halogens is 2. The van der Waals surface area contributed by atoms with Crippen LogP contribution < -0.4 is 0 Å². The van der Waals surface area contributed by atoms with Gasteiger partial charge in [0, 0.05) is 0 Å². The van der Waals surface area contributed by atoms with Crippen LogP contribution in [0.1, 0.15) is 132 Å². The number of rotatable bonds is 8. The largest absolute Gasteiger partial charge is 0.147 e. The maximum absolute atomic E-state index is 3.44. The molecule has 0 aliphatic heterocycles. The molecule has 0 nitrogen and oxygen atoms in total. The minimum atomic E-state index is -3.44. The summed E-state index contributed by atoms with van der Waals surface area (Å²) in [6.45, 7) is 34.9. The van der Waals surface area contributed by atoms with Gasteiger partial charge in [0.2, 0.25) is 0 Å². The van der Waals surface area contributed by atoms with E-state index in [1.54, 1.807) is 33.4 Å². The molecule has 2 aromatic rings. The summed E-state index contributed by atoms with van der Waals surface area (Å²) in [7, 11) is -0.670. The standard InChI is InChI=1S/2C18H27Si.2CH3.2ClH.H2Si.Ti/c2*1-12(2)14-8-15-9-16(19(5,6)7)11-18(15)17(10-14)13(3)4;;;;;;/h2*8-13H,1-7H3;2*1H3;2*1H;1H2;. The molecule has 2 aliphatic rings. The quantitative estimate of drug-likeness (QED) is 0.238. The predicted molar refractivity (Wildman–Crippen MR) is 212 cm³/mol. The Morgan fingerprint density at radius 2 is 0.841 bits per heavy atom. The van der Waals surface area contributed by atoms with Crippen LogP contribution in [-0.2, 0) is 14.0 Å². The van der Waals surface area contributed by atoms with E-state index in [0.717, 1.165) is 0 Å². The molecule has 0 N–H and O–H groups in total. The van der Waals surface area contributed by atoms with Gasteiger partial charge in [0.05, 0.1) is 0 Å². The molecule has 0 radical (unpaired) electrons. The van der Waals surface area contributed by atoms with Crippen LogP contribution >= 0.6 is 24.8 Å². The second-order valence-corrected chi connectivity index (χ2v) is 48.7. The van der Waals surface area contributed by atoms with Gasteiger partial charge in [0.25, 0.3) is 0 Å². The zero-order valence-electron chi connectivity index (χ0n) is 31.0. The molecule has 2 unspecified atom stereocenters. The summed E-state index contributed by atoms with van der Waals surface area (Å²) < 4.78 is 1.19. The monoisotopic (exact) mass is 722 g/mol. The van der Waals surface area contributed by atoms with Crippen LogP contribution in [0.5, 0.6) is 0 Å². The molecule has 44 heavy (non-hydrogen) atoms. The number of hydrogen-bond donors (Lipinski definition) is 0. The zero-order chi connectivity index (χ0) is 31.9. The SMILES string of the molecule is CC(C)c1cc(C(C)C)c2c(c1)[CH]([Ti]([CH3])([CH3])(=[SiH2])[CH]1C([Si](C)(C)C)=Cc3c(C(C)C)cc(C(C)C)cc31)C([Si](C)(C)C)=C2.Cl.Cl. The zero-order valence-corrected chi connectivity index (χ0v) is 37.6. The maximum atomic E-state index is 2.87. The van der Waals surface area contributed by atoms with E-state index in [1.165, 1.54) is 11.1 Å². The molecule has 0 bridgehead atoms. The Balaban J connectivity index is 0.00000337. The first-order chi connectivity index (χ1) is 19.0. The first kappa shape index (κ1) is 40.0. The molecule has 0 saturated carbocycles. The van der Waals surface area contributed by atoms with Crippen LogP contribution in [0.4, 0.5) is 0 Å². The normalized spacial score (nSPS) is 18.8. The van der Waals surface area contributed by atoms with Gasteiger partial charge in [-0.2, -0.15) is 0 Å². The molecular formula is C38H64Cl2Si3Ti. The molecule has 4 rings (SSSR count). The third kappa shape index (κ3) is 7.01. The summed E-state index contributed by atoms with van der Waals surface area (Å²) in [6, 6.07) is 10.5. The van der Waals surface area contributed by atoms with Crippen LogP contribution in [0, 0.1) is 0 Å². The van der Waals surface area contributed by atoms with E-state index in [1.807, 2.05) is 10.4 Å². The van der Waals surface area contributed by atoms with Crippen LogP contribution in [-0.4, -0.2) is 23.8 Å². The van der Waals surface area contributed by atoms with E-state index in [4.69, 9.17) is 0 Å². The van der Waals surface area contributed by atoms with Crippen molar-refractivity contribution in [1.29, 1.82) is 0 Å². The third-order valence-corrected chi connectivity index (χ3v) is 27.0. The first-order valence-electron chi connectivity index (χ1n) is 16.8. The van der Waals surface area contributed by atoms with Crippen LogP contribution in [0.3, 0.4) is 0 Å². The average molecular weight is 724 g/mol. The summed E-state index contributed by atoms with van der Waals surface area (Å²) in [6.07, 6.45) is 5.49. The second kappa shape index (κ2) is 13.1. The molecule has 0 aromatic heterocycles. The van der Waals surface area contributed by atoms with E-state index in [-0.39, 0.29) is 24.8 Å². The number of fused-ring (bicyclic) bond motifs is 2. The molecule has 0 fully saturated rings.